The average molecular weight is 472 g/mol. The Bertz CT molecular complexity index is 1330. The molecule has 1 aromatic heterocycles. The summed E-state index contributed by atoms with van der Waals surface area (Å²) in [6, 6.07) is 8.40. The maximum Gasteiger partial charge on any atom is 0.105 e. The molecule has 2 bridgehead atoms. The Morgan fingerprint density at radius 3 is 2.80 bits per heavy atom. The van der Waals surface area contributed by atoms with E-state index in [0.717, 1.165) is 42.2 Å². The molecule has 7 rings (SSSR count). The van der Waals surface area contributed by atoms with Crippen LogP contribution in [0.2, 0.25) is 0 Å². The van der Waals surface area contributed by atoms with Crippen molar-refractivity contribution in [2.75, 3.05) is 14.1 Å². The predicted molar refractivity (Wildman–Crippen MR) is 134 cm³/mol. The van der Waals surface area contributed by atoms with Gasteiger partial charge in [-0.25, -0.2) is 0 Å². The highest BCUT2D eigenvalue weighted by Crippen LogP contribution is 2.67. The van der Waals surface area contributed by atoms with Gasteiger partial charge in [-0.2, -0.15) is 10.2 Å². The van der Waals surface area contributed by atoms with Gasteiger partial charge in [0.1, 0.15) is 6.10 Å². The Kier molecular flexibility index (Phi) is 4.44. The summed E-state index contributed by atoms with van der Waals surface area (Å²) in [7, 11) is 3.95. The van der Waals surface area contributed by atoms with Crippen molar-refractivity contribution < 1.29 is 14.9 Å². The molecule has 6 nitrogen and oxygen atoms in total. The normalized spacial score (nSPS) is 41.7. The molecule has 0 amide bonds. The third-order valence-corrected chi connectivity index (χ3v) is 9.92. The van der Waals surface area contributed by atoms with E-state index in [1.165, 1.54) is 16.7 Å². The number of hydrogen-bond donors (Lipinski definition) is 2. The molecule has 1 saturated carbocycles. The second-order valence-corrected chi connectivity index (χ2v) is 11.7. The standard InChI is InChI=1S/C29H33N3O3/c1-27-10-8-19-15-21-25(33)26(34)23(32(2)3)16-28(21)11-12-29(19,35-28)24(27)7-5-20(27)17-4-6-22-18(14-17)9-13-30-31-22/h4-6,8-9,13-15,23-26,33-34H,7,10-12,16H2,1-3H3. The zero-order valence-electron chi connectivity index (χ0n) is 20.6. The monoisotopic (exact) mass is 471 g/mol. The van der Waals surface area contributed by atoms with E-state index in [9.17, 15) is 10.2 Å². The molecule has 6 heteroatoms. The van der Waals surface area contributed by atoms with Gasteiger partial charge in [0.05, 0.1) is 29.0 Å². The van der Waals surface area contributed by atoms with E-state index in [0.29, 0.717) is 12.3 Å². The van der Waals surface area contributed by atoms with Crippen molar-refractivity contribution >= 4 is 16.5 Å². The first-order valence-electron chi connectivity index (χ1n) is 12.9. The minimum Gasteiger partial charge on any atom is -0.388 e. The van der Waals surface area contributed by atoms with Crippen molar-refractivity contribution in [1.82, 2.24) is 15.1 Å². The van der Waals surface area contributed by atoms with Gasteiger partial charge in [-0.3, -0.25) is 0 Å². The molecule has 182 valence electrons. The van der Waals surface area contributed by atoms with Gasteiger partial charge in [-0.05, 0) is 86.7 Å². The highest BCUT2D eigenvalue weighted by molar-refractivity contribution is 5.85. The molecule has 7 unspecified atom stereocenters. The van der Waals surface area contributed by atoms with Gasteiger partial charge in [0.15, 0.2) is 0 Å². The minimum atomic E-state index is -0.889. The van der Waals surface area contributed by atoms with E-state index in [-0.39, 0.29) is 17.1 Å². The van der Waals surface area contributed by atoms with Crippen molar-refractivity contribution in [2.45, 2.75) is 68.5 Å². The van der Waals surface area contributed by atoms with E-state index < -0.39 is 17.8 Å². The molecule has 2 spiro atoms. The molecule has 2 aliphatic heterocycles. The molecule has 3 aliphatic carbocycles. The Labute approximate surface area is 206 Å². The summed E-state index contributed by atoms with van der Waals surface area (Å²) in [6.45, 7) is 2.41. The highest BCUT2D eigenvalue weighted by atomic mass is 16.5. The van der Waals surface area contributed by atoms with E-state index in [1.807, 2.05) is 25.1 Å². The van der Waals surface area contributed by atoms with Crippen LogP contribution in [0.5, 0.6) is 0 Å². The van der Waals surface area contributed by atoms with Gasteiger partial charge >= 0.3 is 0 Å². The zero-order valence-corrected chi connectivity index (χ0v) is 20.6. The summed E-state index contributed by atoms with van der Waals surface area (Å²) in [4.78, 5) is 2.03. The first kappa shape index (κ1) is 21.9. The summed E-state index contributed by atoms with van der Waals surface area (Å²) in [6.07, 6.45) is 11.5. The van der Waals surface area contributed by atoms with Gasteiger partial charge in [0.2, 0.25) is 0 Å². The molecule has 2 fully saturated rings. The van der Waals surface area contributed by atoms with E-state index in [4.69, 9.17) is 4.74 Å². The fourth-order valence-corrected chi connectivity index (χ4v) is 8.10. The Morgan fingerprint density at radius 2 is 1.97 bits per heavy atom. The first-order chi connectivity index (χ1) is 16.8. The Morgan fingerprint density at radius 1 is 1.11 bits per heavy atom. The molecule has 2 aromatic rings. The SMILES string of the molecule is CN(C)C1CC23CCC4(O2)C(=CCC2(C)C(c5ccc6nnccc6c5)=CCC24)C=C3C(O)C1O. The second-order valence-electron chi connectivity index (χ2n) is 11.7. The number of nitrogens with zero attached hydrogens (tertiary/aromatic N) is 3. The molecule has 0 radical (unpaired) electrons. The number of likely N-dealkylation sites (N-methyl/N-ethyl adjacent to an activating group) is 1. The third-order valence-electron chi connectivity index (χ3n) is 9.92. The summed E-state index contributed by atoms with van der Waals surface area (Å²) in [5.74, 6) is 0.343. The molecule has 7 atom stereocenters. The van der Waals surface area contributed by atoms with E-state index >= 15 is 0 Å². The number of benzene rings is 1. The number of aliphatic hydroxyl groups is 2. The number of aromatic nitrogens is 2. The van der Waals surface area contributed by atoms with Crippen molar-refractivity contribution in [3.63, 3.8) is 0 Å². The van der Waals surface area contributed by atoms with Crippen LogP contribution in [-0.4, -0.2) is 68.9 Å². The summed E-state index contributed by atoms with van der Waals surface area (Å²) in [5.41, 5.74) is 4.81. The number of aliphatic hydroxyl groups excluding tert-OH is 2. The number of hydrogen-bond acceptors (Lipinski definition) is 6. The molecule has 3 heterocycles. The van der Waals surface area contributed by atoms with Gasteiger partial charge in [-0.1, -0.05) is 31.2 Å². The lowest BCUT2D eigenvalue weighted by Gasteiger charge is -2.55. The maximum absolute atomic E-state index is 11.1. The number of fused-ring (bicyclic) bond motifs is 2. The van der Waals surface area contributed by atoms with Crippen molar-refractivity contribution in [2.24, 2.45) is 11.3 Å². The van der Waals surface area contributed by atoms with Gasteiger partial charge in [-0.15, -0.1) is 0 Å². The molecule has 1 saturated heterocycles. The van der Waals surface area contributed by atoms with Crippen LogP contribution in [0.4, 0.5) is 0 Å². The molecule has 35 heavy (non-hydrogen) atoms. The molecular weight excluding hydrogens is 438 g/mol. The summed E-state index contributed by atoms with van der Waals surface area (Å²) in [5, 5.41) is 31.4. The lowest BCUT2D eigenvalue weighted by Crippen LogP contribution is -2.61. The van der Waals surface area contributed by atoms with Crippen LogP contribution in [0.25, 0.3) is 16.5 Å². The fourth-order valence-electron chi connectivity index (χ4n) is 8.10. The van der Waals surface area contributed by atoms with Crippen molar-refractivity contribution in [3.05, 3.63) is 65.4 Å². The predicted octanol–water partition coefficient (Wildman–Crippen LogP) is 3.65. The lowest BCUT2D eigenvalue weighted by atomic mass is 9.58. The van der Waals surface area contributed by atoms with Gasteiger partial charge in [0.25, 0.3) is 0 Å². The Balaban J connectivity index is 1.30. The quantitative estimate of drug-likeness (QED) is 0.696. The summed E-state index contributed by atoms with van der Waals surface area (Å²) >= 11 is 0. The highest BCUT2D eigenvalue weighted by Gasteiger charge is 2.67. The van der Waals surface area contributed by atoms with E-state index in [2.05, 4.69) is 53.5 Å². The molecule has 5 aliphatic rings. The average Bonchev–Trinajstić information content (AvgIpc) is 3.37. The van der Waals surface area contributed by atoms with Crippen LogP contribution in [0.1, 0.15) is 44.6 Å². The Hall–Kier alpha value is -2.38. The number of ether oxygens (including phenoxy) is 1. The molecular formula is C29H33N3O3. The molecule has 2 N–H and O–H groups in total. The minimum absolute atomic E-state index is 0.0255. The number of allylic oxidation sites excluding steroid dienone is 3. The first-order valence-corrected chi connectivity index (χ1v) is 12.9. The fraction of sp³-hybridized carbons (Fsp3) is 0.517. The summed E-state index contributed by atoms with van der Waals surface area (Å²) < 4.78 is 7.23. The van der Waals surface area contributed by atoms with Crippen LogP contribution in [0.3, 0.4) is 0 Å². The largest absolute Gasteiger partial charge is 0.388 e. The van der Waals surface area contributed by atoms with Crippen LogP contribution >= 0.6 is 0 Å². The van der Waals surface area contributed by atoms with Crippen LogP contribution in [-0.2, 0) is 4.74 Å². The lowest BCUT2D eigenvalue weighted by molar-refractivity contribution is -0.161. The van der Waals surface area contributed by atoms with Crippen LogP contribution in [0, 0.1) is 11.3 Å². The van der Waals surface area contributed by atoms with Crippen LogP contribution in [0.15, 0.2) is 59.8 Å². The van der Waals surface area contributed by atoms with Crippen LogP contribution < -0.4 is 0 Å². The smallest absolute Gasteiger partial charge is 0.105 e. The zero-order chi connectivity index (χ0) is 24.2. The van der Waals surface area contributed by atoms with Gasteiger partial charge in [0, 0.05) is 22.8 Å². The van der Waals surface area contributed by atoms with Gasteiger partial charge < -0.3 is 19.8 Å². The van der Waals surface area contributed by atoms with Crippen molar-refractivity contribution in [1.29, 1.82) is 0 Å². The third kappa shape index (κ3) is 2.74. The maximum atomic E-state index is 11.1. The molecule has 1 aromatic carbocycles. The number of rotatable bonds is 2. The van der Waals surface area contributed by atoms with Crippen molar-refractivity contribution in [3.8, 4) is 0 Å². The second kappa shape index (κ2) is 7.10. The van der Waals surface area contributed by atoms with E-state index in [1.54, 1.807) is 6.20 Å². The topological polar surface area (TPSA) is 78.7 Å².